The lowest BCUT2D eigenvalue weighted by molar-refractivity contribution is 0.591. The molecule has 19 heavy (non-hydrogen) atoms. The summed E-state index contributed by atoms with van der Waals surface area (Å²) in [6.07, 6.45) is 3.71. The first-order chi connectivity index (χ1) is 9.24. The Morgan fingerprint density at radius 1 is 1.16 bits per heavy atom. The Labute approximate surface area is 119 Å². The van der Waals surface area contributed by atoms with Crippen LogP contribution in [0.2, 0.25) is 0 Å². The molecule has 0 aromatic heterocycles. The maximum Gasteiger partial charge on any atom is 0.0414 e. The molecule has 108 valence electrons. The summed E-state index contributed by atoms with van der Waals surface area (Å²) in [5.74, 6) is 0. The van der Waals surface area contributed by atoms with Crippen LogP contribution in [-0.4, -0.2) is 19.1 Å². The first kappa shape index (κ1) is 16.0. The van der Waals surface area contributed by atoms with Crippen molar-refractivity contribution in [3.63, 3.8) is 0 Å². The standard InChI is InChI=1S/C17H30N2/c1-5-8-13-19(15(4)6-2)17-12-10-9-11-16(17)14-18-7-3/h9-12,15,18H,5-8,13-14H2,1-4H3. The Balaban J connectivity index is 2.92. The fourth-order valence-electron chi connectivity index (χ4n) is 2.33. The van der Waals surface area contributed by atoms with Crippen molar-refractivity contribution < 1.29 is 0 Å². The van der Waals surface area contributed by atoms with E-state index in [1.54, 1.807) is 0 Å². The molecule has 0 aliphatic rings. The van der Waals surface area contributed by atoms with E-state index in [0.29, 0.717) is 6.04 Å². The van der Waals surface area contributed by atoms with E-state index < -0.39 is 0 Å². The highest BCUT2D eigenvalue weighted by Crippen LogP contribution is 2.24. The lowest BCUT2D eigenvalue weighted by Crippen LogP contribution is -2.34. The van der Waals surface area contributed by atoms with Gasteiger partial charge in [0.05, 0.1) is 0 Å². The third-order valence-corrected chi connectivity index (χ3v) is 3.74. The van der Waals surface area contributed by atoms with Gasteiger partial charge in [0.2, 0.25) is 0 Å². The number of anilines is 1. The molecule has 1 aromatic carbocycles. The second-order valence-electron chi connectivity index (χ2n) is 5.21. The van der Waals surface area contributed by atoms with Crippen molar-refractivity contribution >= 4 is 5.69 Å². The summed E-state index contributed by atoms with van der Waals surface area (Å²) < 4.78 is 0. The molecule has 0 fully saturated rings. The van der Waals surface area contributed by atoms with Gasteiger partial charge in [-0.2, -0.15) is 0 Å². The van der Waals surface area contributed by atoms with Gasteiger partial charge in [0, 0.05) is 24.8 Å². The van der Waals surface area contributed by atoms with E-state index in [1.807, 2.05) is 0 Å². The van der Waals surface area contributed by atoms with Crippen LogP contribution < -0.4 is 10.2 Å². The topological polar surface area (TPSA) is 15.3 Å². The highest BCUT2D eigenvalue weighted by molar-refractivity contribution is 5.54. The van der Waals surface area contributed by atoms with Crippen molar-refractivity contribution in [3.05, 3.63) is 29.8 Å². The fourth-order valence-corrected chi connectivity index (χ4v) is 2.33. The Morgan fingerprint density at radius 2 is 1.89 bits per heavy atom. The molecule has 0 bridgehead atoms. The van der Waals surface area contributed by atoms with Gasteiger partial charge in [-0.05, 0) is 37.9 Å². The summed E-state index contributed by atoms with van der Waals surface area (Å²) in [7, 11) is 0. The van der Waals surface area contributed by atoms with E-state index in [2.05, 4.69) is 62.2 Å². The summed E-state index contributed by atoms with van der Waals surface area (Å²) in [5.41, 5.74) is 2.83. The summed E-state index contributed by atoms with van der Waals surface area (Å²) in [4.78, 5) is 2.58. The number of para-hydroxylation sites is 1. The molecular formula is C17H30N2. The van der Waals surface area contributed by atoms with Crippen LogP contribution in [-0.2, 0) is 6.54 Å². The van der Waals surface area contributed by atoms with Gasteiger partial charge in [-0.15, -0.1) is 0 Å². The minimum absolute atomic E-state index is 0.606. The van der Waals surface area contributed by atoms with Crippen molar-refractivity contribution in [3.8, 4) is 0 Å². The molecular weight excluding hydrogens is 232 g/mol. The van der Waals surface area contributed by atoms with Crippen molar-refractivity contribution in [2.24, 2.45) is 0 Å². The number of hydrogen-bond acceptors (Lipinski definition) is 2. The summed E-state index contributed by atoms with van der Waals surface area (Å²) in [6.45, 7) is 12.2. The third kappa shape index (κ3) is 4.87. The largest absolute Gasteiger partial charge is 0.369 e. The highest BCUT2D eigenvalue weighted by Gasteiger charge is 2.15. The van der Waals surface area contributed by atoms with Crippen LogP contribution in [0.25, 0.3) is 0 Å². The Kier molecular flexibility index (Phi) is 7.57. The first-order valence-corrected chi connectivity index (χ1v) is 7.79. The van der Waals surface area contributed by atoms with Gasteiger partial charge < -0.3 is 10.2 Å². The zero-order chi connectivity index (χ0) is 14.1. The van der Waals surface area contributed by atoms with E-state index in [0.717, 1.165) is 19.6 Å². The molecule has 0 aliphatic heterocycles. The number of rotatable bonds is 9. The smallest absolute Gasteiger partial charge is 0.0414 e. The molecule has 1 atom stereocenters. The van der Waals surface area contributed by atoms with Gasteiger partial charge >= 0.3 is 0 Å². The highest BCUT2D eigenvalue weighted by atomic mass is 15.2. The minimum Gasteiger partial charge on any atom is -0.369 e. The molecule has 1 unspecified atom stereocenters. The van der Waals surface area contributed by atoms with Crippen LogP contribution >= 0.6 is 0 Å². The predicted octanol–water partition coefficient (Wildman–Crippen LogP) is 4.20. The average molecular weight is 262 g/mol. The van der Waals surface area contributed by atoms with Crippen molar-refractivity contribution in [1.29, 1.82) is 0 Å². The van der Waals surface area contributed by atoms with E-state index in [9.17, 15) is 0 Å². The van der Waals surface area contributed by atoms with Gasteiger partial charge in [-0.1, -0.05) is 45.4 Å². The van der Waals surface area contributed by atoms with Crippen LogP contribution in [0, 0.1) is 0 Å². The Hall–Kier alpha value is -1.02. The van der Waals surface area contributed by atoms with Gasteiger partial charge in [0.1, 0.15) is 0 Å². The fraction of sp³-hybridized carbons (Fsp3) is 0.647. The van der Waals surface area contributed by atoms with Gasteiger partial charge in [-0.25, -0.2) is 0 Å². The zero-order valence-corrected chi connectivity index (χ0v) is 13.1. The Bertz CT molecular complexity index is 349. The van der Waals surface area contributed by atoms with E-state index in [-0.39, 0.29) is 0 Å². The van der Waals surface area contributed by atoms with E-state index in [4.69, 9.17) is 0 Å². The van der Waals surface area contributed by atoms with Crippen LogP contribution in [0.5, 0.6) is 0 Å². The predicted molar refractivity (Wildman–Crippen MR) is 85.8 cm³/mol. The second kappa shape index (κ2) is 8.98. The molecule has 0 saturated carbocycles. The molecule has 0 amide bonds. The lowest BCUT2D eigenvalue weighted by atomic mass is 10.1. The zero-order valence-electron chi connectivity index (χ0n) is 13.1. The van der Waals surface area contributed by atoms with Crippen molar-refractivity contribution in [2.45, 2.75) is 59.5 Å². The molecule has 1 aromatic rings. The molecule has 0 heterocycles. The van der Waals surface area contributed by atoms with Crippen LogP contribution in [0.4, 0.5) is 5.69 Å². The number of nitrogens with one attached hydrogen (secondary N) is 1. The SMILES string of the molecule is CCCCN(c1ccccc1CNCC)C(C)CC. The Morgan fingerprint density at radius 3 is 2.53 bits per heavy atom. The average Bonchev–Trinajstić information content (AvgIpc) is 2.46. The molecule has 2 heteroatoms. The van der Waals surface area contributed by atoms with Crippen LogP contribution in [0.3, 0.4) is 0 Å². The summed E-state index contributed by atoms with van der Waals surface area (Å²) in [5, 5.41) is 3.45. The summed E-state index contributed by atoms with van der Waals surface area (Å²) >= 11 is 0. The van der Waals surface area contributed by atoms with Crippen molar-refractivity contribution in [1.82, 2.24) is 5.32 Å². The molecule has 0 saturated heterocycles. The minimum atomic E-state index is 0.606. The number of nitrogens with zero attached hydrogens (tertiary/aromatic N) is 1. The number of benzene rings is 1. The monoisotopic (exact) mass is 262 g/mol. The van der Waals surface area contributed by atoms with Gasteiger partial charge in [-0.3, -0.25) is 0 Å². The third-order valence-electron chi connectivity index (χ3n) is 3.74. The van der Waals surface area contributed by atoms with Crippen LogP contribution in [0.1, 0.15) is 52.5 Å². The van der Waals surface area contributed by atoms with Gasteiger partial charge in [0.15, 0.2) is 0 Å². The molecule has 0 radical (unpaired) electrons. The molecule has 0 aliphatic carbocycles. The molecule has 1 rings (SSSR count). The number of hydrogen-bond donors (Lipinski definition) is 1. The maximum atomic E-state index is 3.45. The van der Waals surface area contributed by atoms with Crippen molar-refractivity contribution in [2.75, 3.05) is 18.0 Å². The van der Waals surface area contributed by atoms with Crippen LogP contribution in [0.15, 0.2) is 24.3 Å². The van der Waals surface area contributed by atoms with E-state index in [1.165, 1.54) is 30.5 Å². The lowest BCUT2D eigenvalue weighted by Gasteiger charge is -2.32. The maximum absolute atomic E-state index is 3.45. The summed E-state index contributed by atoms with van der Waals surface area (Å²) in [6, 6.07) is 9.43. The normalized spacial score (nSPS) is 12.4. The first-order valence-electron chi connectivity index (χ1n) is 7.79. The second-order valence-corrected chi connectivity index (χ2v) is 5.21. The molecule has 0 spiro atoms. The number of unbranched alkanes of at least 4 members (excludes halogenated alkanes) is 1. The quantitative estimate of drug-likeness (QED) is 0.717. The molecule has 1 N–H and O–H groups in total. The van der Waals surface area contributed by atoms with E-state index >= 15 is 0 Å². The molecule has 2 nitrogen and oxygen atoms in total. The van der Waals surface area contributed by atoms with Gasteiger partial charge in [0.25, 0.3) is 0 Å².